The molecule has 92 valence electrons. The smallest absolute Gasteiger partial charge is 0.180 e. The second kappa shape index (κ2) is 4.98. The summed E-state index contributed by atoms with van der Waals surface area (Å²) in [4.78, 5) is 13.4. The summed E-state index contributed by atoms with van der Waals surface area (Å²) in [6, 6.07) is 12.2. The van der Waals surface area contributed by atoms with Crippen LogP contribution in [0.15, 0.2) is 40.2 Å². The fourth-order valence-corrected chi connectivity index (χ4v) is 4.03. The third kappa shape index (κ3) is 2.17. The van der Waals surface area contributed by atoms with Gasteiger partial charge in [0.1, 0.15) is 0 Å². The fourth-order valence-electron chi connectivity index (χ4n) is 2.64. The van der Waals surface area contributed by atoms with Crippen molar-refractivity contribution >= 4 is 33.0 Å². The van der Waals surface area contributed by atoms with E-state index in [4.69, 9.17) is 0 Å². The molecule has 3 heteroatoms. The largest absolute Gasteiger partial charge is 0.293 e. The molecule has 1 aromatic carbocycles. The number of fused-ring (bicyclic) bond motifs is 1. The van der Waals surface area contributed by atoms with Crippen LogP contribution in [-0.2, 0) is 6.42 Å². The Balaban J connectivity index is 1.96. The molecule has 0 saturated carbocycles. The van der Waals surface area contributed by atoms with Crippen LogP contribution < -0.4 is 0 Å². The van der Waals surface area contributed by atoms with Crippen LogP contribution >= 0.6 is 27.3 Å². The number of Topliss-reactive ketones (excluding diaryl/α,β-unsaturated/α-hetero) is 1. The molecule has 1 heterocycles. The van der Waals surface area contributed by atoms with Crippen molar-refractivity contribution in [3.8, 4) is 0 Å². The Hall–Kier alpha value is -0.930. The van der Waals surface area contributed by atoms with Gasteiger partial charge in [0.2, 0.25) is 0 Å². The molecule has 2 aromatic rings. The number of ketones is 1. The van der Waals surface area contributed by atoms with Crippen LogP contribution in [0.5, 0.6) is 0 Å². The third-order valence-corrected chi connectivity index (χ3v) is 5.14. The molecule has 3 rings (SSSR count). The lowest BCUT2D eigenvalue weighted by Gasteiger charge is -2.23. The van der Waals surface area contributed by atoms with Crippen LogP contribution in [0.4, 0.5) is 0 Å². The third-order valence-electron chi connectivity index (χ3n) is 3.50. The summed E-state index contributed by atoms with van der Waals surface area (Å²) in [6.07, 6.45) is 3.19. The number of halogens is 1. The van der Waals surface area contributed by atoms with Crippen LogP contribution in [0, 0.1) is 0 Å². The van der Waals surface area contributed by atoms with Gasteiger partial charge >= 0.3 is 0 Å². The van der Waals surface area contributed by atoms with Crippen LogP contribution in [-0.4, -0.2) is 5.78 Å². The lowest BCUT2D eigenvalue weighted by atomic mass is 9.80. The van der Waals surface area contributed by atoms with Crippen LogP contribution in [0.3, 0.4) is 0 Å². The highest BCUT2D eigenvalue weighted by atomic mass is 79.9. The predicted molar refractivity (Wildman–Crippen MR) is 78.5 cm³/mol. The molecule has 1 aliphatic carbocycles. The highest BCUT2D eigenvalue weighted by Crippen LogP contribution is 2.36. The number of carbonyl (C=O) groups is 1. The maximum atomic E-state index is 12.6. The summed E-state index contributed by atoms with van der Waals surface area (Å²) in [7, 11) is 0. The van der Waals surface area contributed by atoms with Crippen molar-refractivity contribution in [2.45, 2.75) is 25.2 Å². The van der Waals surface area contributed by atoms with Crippen molar-refractivity contribution in [1.29, 1.82) is 0 Å². The minimum absolute atomic E-state index is 0.0560. The van der Waals surface area contributed by atoms with Gasteiger partial charge in [0.15, 0.2) is 5.78 Å². The summed E-state index contributed by atoms with van der Waals surface area (Å²) in [6.45, 7) is 0. The van der Waals surface area contributed by atoms with E-state index >= 15 is 0 Å². The minimum atomic E-state index is 0.0560. The molecule has 1 unspecified atom stereocenters. The van der Waals surface area contributed by atoms with Crippen molar-refractivity contribution in [1.82, 2.24) is 0 Å². The van der Waals surface area contributed by atoms with E-state index in [0.717, 1.165) is 27.9 Å². The Labute approximate surface area is 119 Å². The van der Waals surface area contributed by atoms with E-state index in [1.807, 2.05) is 18.2 Å². The highest BCUT2D eigenvalue weighted by molar-refractivity contribution is 9.11. The zero-order valence-corrected chi connectivity index (χ0v) is 12.3. The first-order valence-electron chi connectivity index (χ1n) is 6.13. The Morgan fingerprint density at radius 3 is 2.83 bits per heavy atom. The molecule has 0 radical (unpaired) electrons. The maximum absolute atomic E-state index is 12.6. The Morgan fingerprint density at radius 1 is 1.22 bits per heavy atom. The fraction of sp³-hybridized carbons (Fsp3) is 0.267. The predicted octanol–water partition coefficient (Wildman–Crippen LogP) is 4.81. The SMILES string of the molecule is O=C(c1ccc(Br)s1)C1CCCc2ccccc21. The average Bonchev–Trinajstić information content (AvgIpc) is 2.84. The average molecular weight is 321 g/mol. The van der Waals surface area contributed by atoms with Gasteiger partial charge in [-0.3, -0.25) is 4.79 Å². The summed E-state index contributed by atoms with van der Waals surface area (Å²) in [5.74, 6) is 0.332. The van der Waals surface area contributed by atoms with Crippen molar-refractivity contribution in [2.75, 3.05) is 0 Å². The quantitative estimate of drug-likeness (QED) is 0.725. The molecule has 0 bridgehead atoms. The molecule has 0 fully saturated rings. The number of hydrogen-bond acceptors (Lipinski definition) is 2. The zero-order valence-electron chi connectivity index (χ0n) is 9.86. The van der Waals surface area contributed by atoms with Gasteiger partial charge in [-0.05, 0) is 58.5 Å². The molecule has 1 aliphatic rings. The van der Waals surface area contributed by atoms with Gasteiger partial charge < -0.3 is 0 Å². The lowest BCUT2D eigenvalue weighted by Crippen LogP contribution is -2.17. The number of carbonyl (C=O) groups excluding carboxylic acids is 1. The zero-order chi connectivity index (χ0) is 12.5. The molecule has 1 aromatic heterocycles. The molecule has 1 nitrogen and oxygen atoms in total. The second-order valence-corrected chi connectivity index (χ2v) is 7.07. The normalized spacial score (nSPS) is 18.4. The van der Waals surface area contributed by atoms with E-state index in [1.54, 1.807) is 0 Å². The molecule has 1 atom stereocenters. The van der Waals surface area contributed by atoms with Crippen molar-refractivity contribution in [3.63, 3.8) is 0 Å². The first kappa shape index (κ1) is 12.1. The molecule has 0 saturated heterocycles. The number of rotatable bonds is 2. The standard InChI is InChI=1S/C15H13BrOS/c16-14-9-8-13(18-14)15(17)12-7-3-5-10-4-1-2-6-11(10)12/h1-2,4,6,8-9,12H,3,5,7H2. The van der Waals surface area contributed by atoms with Gasteiger partial charge in [0.25, 0.3) is 0 Å². The van der Waals surface area contributed by atoms with E-state index in [1.165, 1.54) is 22.5 Å². The number of hydrogen-bond donors (Lipinski definition) is 0. The Kier molecular flexibility index (Phi) is 3.35. The lowest BCUT2D eigenvalue weighted by molar-refractivity contribution is 0.0955. The molecule has 18 heavy (non-hydrogen) atoms. The first-order valence-corrected chi connectivity index (χ1v) is 7.74. The van der Waals surface area contributed by atoms with Gasteiger partial charge in [-0.15, -0.1) is 11.3 Å². The van der Waals surface area contributed by atoms with Crippen LogP contribution in [0.25, 0.3) is 0 Å². The maximum Gasteiger partial charge on any atom is 0.180 e. The number of thiophene rings is 1. The highest BCUT2D eigenvalue weighted by Gasteiger charge is 2.27. The number of benzene rings is 1. The molecular weight excluding hydrogens is 308 g/mol. The Morgan fingerprint density at radius 2 is 2.06 bits per heavy atom. The molecule has 0 amide bonds. The van der Waals surface area contributed by atoms with Gasteiger partial charge in [0.05, 0.1) is 8.66 Å². The van der Waals surface area contributed by atoms with Gasteiger partial charge in [-0.2, -0.15) is 0 Å². The van der Waals surface area contributed by atoms with Gasteiger partial charge in [-0.1, -0.05) is 24.3 Å². The van der Waals surface area contributed by atoms with Crippen LogP contribution in [0.2, 0.25) is 0 Å². The van der Waals surface area contributed by atoms with Gasteiger partial charge in [-0.25, -0.2) is 0 Å². The molecule has 0 spiro atoms. The minimum Gasteiger partial charge on any atom is -0.293 e. The molecule has 0 N–H and O–H groups in total. The van der Waals surface area contributed by atoms with Crippen molar-refractivity contribution in [2.24, 2.45) is 0 Å². The van der Waals surface area contributed by atoms with Crippen molar-refractivity contribution in [3.05, 3.63) is 56.2 Å². The van der Waals surface area contributed by atoms with E-state index < -0.39 is 0 Å². The van der Waals surface area contributed by atoms with E-state index in [9.17, 15) is 4.79 Å². The van der Waals surface area contributed by atoms with Gasteiger partial charge in [0, 0.05) is 5.92 Å². The summed E-state index contributed by atoms with van der Waals surface area (Å²) >= 11 is 4.95. The summed E-state index contributed by atoms with van der Waals surface area (Å²) < 4.78 is 1.02. The molecular formula is C15H13BrOS. The Bertz CT molecular complexity index is 588. The van der Waals surface area contributed by atoms with E-state index in [2.05, 4.69) is 34.1 Å². The molecule has 0 aliphatic heterocycles. The van der Waals surface area contributed by atoms with E-state index in [-0.39, 0.29) is 11.7 Å². The second-order valence-electron chi connectivity index (χ2n) is 4.61. The van der Waals surface area contributed by atoms with E-state index in [0.29, 0.717) is 0 Å². The number of aryl methyl sites for hydroxylation is 1. The van der Waals surface area contributed by atoms with Crippen molar-refractivity contribution < 1.29 is 4.79 Å². The summed E-state index contributed by atoms with van der Waals surface area (Å²) in [5, 5.41) is 0. The monoisotopic (exact) mass is 320 g/mol. The topological polar surface area (TPSA) is 17.1 Å². The first-order chi connectivity index (χ1) is 8.75. The summed E-state index contributed by atoms with van der Waals surface area (Å²) in [5.41, 5.74) is 2.58. The van der Waals surface area contributed by atoms with Crippen LogP contribution in [0.1, 0.15) is 39.6 Å².